The number of imidazole rings is 1. The Balaban J connectivity index is 1.68. The molecule has 1 unspecified atom stereocenters. The van der Waals surface area contributed by atoms with Gasteiger partial charge in [-0.3, -0.25) is 0 Å². The Kier molecular flexibility index (Phi) is 2.96. The van der Waals surface area contributed by atoms with Gasteiger partial charge in [0.1, 0.15) is 0 Å². The number of nitrogens with zero attached hydrogens (tertiary/aromatic N) is 2. The number of benzene rings is 1. The first-order valence-electron chi connectivity index (χ1n) is 6.59. The van der Waals surface area contributed by atoms with Crippen molar-refractivity contribution in [2.24, 2.45) is 5.92 Å². The minimum absolute atomic E-state index is 0.609. The number of rotatable bonds is 5. The number of para-hydroxylation sites is 2. The number of fused-ring (bicyclic) bond motifs is 1. The molecular formula is C14H20N4. The van der Waals surface area contributed by atoms with Crippen LogP contribution in [0.4, 0.5) is 5.95 Å². The van der Waals surface area contributed by atoms with E-state index in [0.717, 1.165) is 29.4 Å². The molecule has 0 aliphatic heterocycles. The lowest BCUT2D eigenvalue weighted by molar-refractivity contribution is 0.276. The van der Waals surface area contributed by atoms with Gasteiger partial charge in [0.15, 0.2) is 0 Å². The first-order valence-corrected chi connectivity index (χ1v) is 6.59. The molecule has 0 amide bonds. The summed E-state index contributed by atoms with van der Waals surface area (Å²) in [5.41, 5.74) is 2.11. The smallest absolute Gasteiger partial charge is 0.201 e. The summed E-state index contributed by atoms with van der Waals surface area (Å²) in [4.78, 5) is 10.2. The molecule has 1 aromatic carbocycles. The van der Waals surface area contributed by atoms with Gasteiger partial charge in [0.2, 0.25) is 5.95 Å². The maximum atomic E-state index is 4.54. The Labute approximate surface area is 107 Å². The van der Waals surface area contributed by atoms with Crippen molar-refractivity contribution < 1.29 is 0 Å². The van der Waals surface area contributed by atoms with Gasteiger partial charge in [0.05, 0.1) is 11.0 Å². The molecule has 0 saturated heterocycles. The fourth-order valence-corrected chi connectivity index (χ4v) is 2.49. The molecule has 4 heteroatoms. The van der Waals surface area contributed by atoms with E-state index in [9.17, 15) is 0 Å². The lowest BCUT2D eigenvalue weighted by Gasteiger charge is -2.24. The van der Waals surface area contributed by atoms with Crippen molar-refractivity contribution in [3.05, 3.63) is 24.3 Å². The highest BCUT2D eigenvalue weighted by Crippen LogP contribution is 2.34. The molecule has 3 rings (SSSR count). The number of H-pyrrole nitrogens is 1. The molecule has 1 fully saturated rings. The van der Waals surface area contributed by atoms with E-state index in [2.05, 4.69) is 40.3 Å². The molecular weight excluding hydrogens is 224 g/mol. The van der Waals surface area contributed by atoms with Crippen molar-refractivity contribution >= 4 is 17.0 Å². The average Bonchev–Trinajstić information content (AvgIpc) is 3.08. The highest BCUT2D eigenvalue weighted by molar-refractivity contribution is 5.77. The normalized spacial score (nSPS) is 17.3. The zero-order valence-electron chi connectivity index (χ0n) is 11.0. The summed E-state index contributed by atoms with van der Waals surface area (Å²) < 4.78 is 0. The largest absolute Gasteiger partial charge is 0.354 e. The number of aromatic nitrogens is 2. The van der Waals surface area contributed by atoms with Gasteiger partial charge in [-0.05, 0) is 45.0 Å². The minimum Gasteiger partial charge on any atom is -0.354 e. The van der Waals surface area contributed by atoms with E-state index in [1.54, 1.807) is 0 Å². The highest BCUT2D eigenvalue weighted by atomic mass is 15.2. The summed E-state index contributed by atoms with van der Waals surface area (Å²) in [5, 5.41) is 3.43. The van der Waals surface area contributed by atoms with Gasteiger partial charge in [-0.25, -0.2) is 4.98 Å². The van der Waals surface area contributed by atoms with E-state index in [-0.39, 0.29) is 0 Å². The topological polar surface area (TPSA) is 44.0 Å². The molecule has 1 aliphatic carbocycles. The average molecular weight is 244 g/mol. The van der Waals surface area contributed by atoms with Crippen molar-refractivity contribution in [1.29, 1.82) is 0 Å². The third-order valence-electron chi connectivity index (χ3n) is 3.70. The van der Waals surface area contributed by atoms with E-state index >= 15 is 0 Å². The standard InChI is InChI=1S/C14H20N4/c1-18(2)13(10-7-8-10)9-15-14-16-11-5-3-4-6-12(11)17-14/h3-6,10,13H,7-9H2,1-2H3,(H2,15,16,17). The van der Waals surface area contributed by atoms with Crippen LogP contribution in [0, 0.1) is 5.92 Å². The lowest BCUT2D eigenvalue weighted by Crippen LogP contribution is -2.36. The first kappa shape index (κ1) is 11.5. The Hall–Kier alpha value is -1.55. The van der Waals surface area contributed by atoms with Crippen LogP contribution in [0.25, 0.3) is 11.0 Å². The van der Waals surface area contributed by atoms with Crippen LogP contribution >= 0.6 is 0 Å². The predicted molar refractivity (Wildman–Crippen MR) is 74.8 cm³/mol. The van der Waals surface area contributed by atoms with Gasteiger partial charge in [0, 0.05) is 12.6 Å². The number of anilines is 1. The van der Waals surface area contributed by atoms with Crippen molar-refractivity contribution in [3.63, 3.8) is 0 Å². The number of nitrogens with one attached hydrogen (secondary N) is 2. The SMILES string of the molecule is CN(C)C(CNc1nc2ccccc2[nH]1)C1CC1. The molecule has 0 bridgehead atoms. The van der Waals surface area contributed by atoms with Crippen LogP contribution < -0.4 is 5.32 Å². The van der Waals surface area contributed by atoms with Gasteiger partial charge in [-0.15, -0.1) is 0 Å². The molecule has 0 radical (unpaired) electrons. The second-order valence-electron chi connectivity index (χ2n) is 5.35. The van der Waals surface area contributed by atoms with Gasteiger partial charge in [-0.2, -0.15) is 0 Å². The van der Waals surface area contributed by atoms with Crippen LogP contribution in [0.1, 0.15) is 12.8 Å². The van der Waals surface area contributed by atoms with Crippen molar-refractivity contribution in [2.75, 3.05) is 26.0 Å². The van der Waals surface area contributed by atoms with Crippen LogP contribution in [-0.2, 0) is 0 Å². The lowest BCUT2D eigenvalue weighted by atomic mass is 10.1. The molecule has 96 valence electrons. The van der Waals surface area contributed by atoms with Crippen LogP contribution in [0.2, 0.25) is 0 Å². The second kappa shape index (κ2) is 4.61. The van der Waals surface area contributed by atoms with E-state index in [4.69, 9.17) is 0 Å². The van der Waals surface area contributed by atoms with E-state index in [0.29, 0.717) is 6.04 Å². The summed E-state index contributed by atoms with van der Waals surface area (Å²) in [5.74, 6) is 1.74. The van der Waals surface area contributed by atoms with E-state index in [1.165, 1.54) is 12.8 Å². The van der Waals surface area contributed by atoms with Crippen molar-refractivity contribution in [1.82, 2.24) is 14.9 Å². The van der Waals surface area contributed by atoms with Crippen LogP contribution in [0.3, 0.4) is 0 Å². The monoisotopic (exact) mass is 244 g/mol. The Morgan fingerprint density at radius 2 is 2.17 bits per heavy atom. The molecule has 2 N–H and O–H groups in total. The van der Waals surface area contributed by atoms with Gasteiger partial charge >= 0.3 is 0 Å². The molecule has 18 heavy (non-hydrogen) atoms. The van der Waals surface area contributed by atoms with E-state index < -0.39 is 0 Å². The van der Waals surface area contributed by atoms with Gasteiger partial charge < -0.3 is 15.2 Å². The second-order valence-corrected chi connectivity index (χ2v) is 5.35. The third-order valence-corrected chi connectivity index (χ3v) is 3.70. The quantitative estimate of drug-likeness (QED) is 0.848. The third kappa shape index (κ3) is 2.34. The summed E-state index contributed by atoms with van der Waals surface area (Å²) in [6.07, 6.45) is 2.73. The summed E-state index contributed by atoms with van der Waals surface area (Å²) in [6.45, 7) is 0.956. The van der Waals surface area contributed by atoms with Crippen LogP contribution in [-0.4, -0.2) is 41.5 Å². The molecule has 0 spiro atoms. The Morgan fingerprint density at radius 3 is 2.83 bits per heavy atom. The minimum atomic E-state index is 0.609. The predicted octanol–water partition coefficient (Wildman–Crippen LogP) is 2.31. The van der Waals surface area contributed by atoms with Crippen LogP contribution in [0.5, 0.6) is 0 Å². The number of aromatic amines is 1. The van der Waals surface area contributed by atoms with Crippen molar-refractivity contribution in [2.45, 2.75) is 18.9 Å². The number of likely N-dealkylation sites (N-methyl/N-ethyl adjacent to an activating group) is 1. The first-order chi connectivity index (χ1) is 8.74. The maximum Gasteiger partial charge on any atom is 0.201 e. The highest BCUT2D eigenvalue weighted by Gasteiger charge is 2.32. The fraction of sp³-hybridized carbons (Fsp3) is 0.500. The molecule has 4 nitrogen and oxygen atoms in total. The van der Waals surface area contributed by atoms with Crippen molar-refractivity contribution in [3.8, 4) is 0 Å². The number of hydrogen-bond acceptors (Lipinski definition) is 3. The molecule has 2 aromatic rings. The molecule has 1 saturated carbocycles. The Bertz CT molecular complexity index is 492. The fourth-order valence-electron chi connectivity index (χ4n) is 2.49. The zero-order chi connectivity index (χ0) is 12.5. The molecule has 1 atom stereocenters. The van der Waals surface area contributed by atoms with Gasteiger partial charge in [0.25, 0.3) is 0 Å². The Morgan fingerprint density at radius 1 is 1.39 bits per heavy atom. The molecule has 1 aromatic heterocycles. The summed E-state index contributed by atoms with van der Waals surface area (Å²) >= 11 is 0. The van der Waals surface area contributed by atoms with E-state index in [1.807, 2.05) is 18.2 Å². The molecule has 1 heterocycles. The van der Waals surface area contributed by atoms with Gasteiger partial charge in [-0.1, -0.05) is 12.1 Å². The maximum absolute atomic E-state index is 4.54. The summed E-state index contributed by atoms with van der Waals surface area (Å²) in [6, 6.07) is 8.73. The van der Waals surface area contributed by atoms with Crippen LogP contribution in [0.15, 0.2) is 24.3 Å². The molecule has 1 aliphatic rings. The number of hydrogen-bond donors (Lipinski definition) is 2. The zero-order valence-corrected chi connectivity index (χ0v) is 11.0. The summed E-state index contributed by atoms with van der Waals surface area (Å²) in [7, 11) is 4.31.